The molecule has 1 fully saturated rings. The Morgan fingerprint density at radius 3 is 2.45 bits per heavy atom. The van der Waals surface area contributed by atoms with Gasteiger partial charge in [-0.05, 0) is 29.1 Å². The molecule has 0 radical (unpaired) electrons. The molecule has 162 valence electrons. The summed E-state index contributed by atoms with van der Waals surface area (Å²) in [7, 11) is 5.01. The van der Waals surface area contributed by atoms with Crippen LogP contribution < -0.4 is 9.47 Å². The number of benzene rings is 1. The summed E-state index contributed by atoms with van der Waals surface area (Å²) in [6, 6.07) is 5.81. The Bertz CT molecular complexity index is 751. The molecule has 2 aromatic rings. The summed E-state index contributed by atoms with van der Waals surface area (Å²) >= 11 is 0. The molecule has 29 heavy (non-hydrogen) atoms. The molecule has 1 aromatic carbocycles. The Morgan fingerprint density at radius 1 is 1.07 bits per heavy atom. The fourth-order valence-electron chi connectivity index (χ4n) is 3.63. The molecule has 0 amide bonds. The highest BCUT2D eigenvalue weighted by Crippen LogP contribution is 2.36. The highest BCUT2D eigenvalue weighted by molar-refractivity contribution is 5.85. The molecule has 0 bridgehead atoms. The van der Waals surface area contributed by atoms with E-state index >= 15 is 0 Å². The second-order valence-corrected chi connectivity index (χ2v) is 6.73. The predicted molar refractivity (Wildman–Crippen MR) is 112 cm³/mol. The van der Waals surface area contributed by atoms with Crippen LogP contribution in [0.25, 0.3) is 0 Å². The van der Waals surface area contributed by atoms with E-state index in [0.717, 1.165) is 55.6 Å². The van der Waals surface area contributed by atoms with Gasteiger partial charge in [-0.15, -0.1) is 17.5 Å². The van der Waals surface area contributed by atoms with Crippen LogP contribution in [0.2, 0.25) is 0 Å². The zero-order chi connectivity index (χ0) is 19.9. The zero-order valence-electron chi connectivity index (χ0n) is 17.6. The lowest BCUT2D eigenvalue weighted by atomic mass is 10.0. The first-order valence-electron chi connectivity index (χ1n) is 9.65. The minimum Gasteiger partial charge on any atom is -0.497 e. The van der Waals surface area contributed by atoms with Crippen LogP contribution in [-0.4, -0.2) is 90.7 Å². The van der Waals surface area contributed by atoms with Crippen molar-refractivity contribution in [2.45, 2.75) is 19.5 Å². The van der Waals surface area contributed by atoms with Gasteiger partial charge in [-0.25, -0.2) is 4.68 Å². The molecule has 1 aliphatic heterocycles. The fraction of sp³-hybridized carbons (Fsp3) is 0.632. The van der Waals surface area contributed by atoms with Gasteiger partial charge < -0.3 is 19.1 Å². The van der Waals surface area contributed by atoms with Crippen LogP contribution in [0, 0.1) is 0 Å². The number of piperazine rings is 1. The van der Waals surface area contributed by atoms with Crippen LogP contribution in [0.15, 0.2) is 18.2 Å². The van der Waals surface area contributed by atoms with Gasteiger partial charge in [-0.2, -0.15) is 0 Å². The van der Waals surface area contributed by atoms with E-state index in [1.54, 1.807) is 21.3 Å². The number of methoxy groups -OCH3 is 3. The zero-order valence-corrected chi connectivity index (χ0v) is 18.4. The van der Waals surface area contributed by atoms with E-state index in [1.807, 2.05) is 22.9 Å². The van der Waals surface area contributed by atoms with Crippen LogP contribution in [-0.2, 0) is 11.3 Å². The van der Waals surface area contributed by atoms with Gasteiger partial charge in [0.1, 0.15) is 17.5 Å². The SMILES string of the molecule is CCN1CCN(C(c2ccc(OC)cc2OC)c2nnnn2CCOC)CC1.Cl. The smallest absolute Gasteiger partial charge is 0.173 e. The molecule has 9 nitrogen and oxygen atoms in total. The number of ether oxygens (including phenoxy) is 3. The number of nitrogens with zero attached hydrogens (tertiary/aromatic N) is 6. The third-order valence-electron chi connectivity index (χ3n) is 5.27. The van der Waals surface area contributed by atoms with Crippen LogP contribution in [0.1, 0.15) is 24.4 Å². The first-order chi connectivity index (χ1) is 13.7. The molecule has 0 N–H and O–H groups in total. The van der Waals surface area contributed by atoms with Crippen molar-refractivity contribution in [1.29, 1.82) is 0 Å². The van der Waals surface area contributed by atoms with E-state index in [9.17, 15) is 0 Å². The van der Waals surface area contributed by atoms with Gasteiger partial charge in [0.2, 0.25) is 0 Å². The average Bonchev–Trinajstić information content (AvgIpc) is 3.21. The molecule has 1 aliphatic rings. The number of rotatable bonds is 9. The van der Waals surface area contributed by atoms with E-state index in [2.05, 4.69) is 32.2 Å². The summed E-state index contributed by atoms with van der Waals surface area (Å²) in [5, 5.41) is 12.5. The highest BCUT2D eigenvalue weighted by Gasteiger charge is 2.32. The molecule has 0 spiro atoms. The lowest BCUT2D eigenvalue weighted by molar-refractivity contribution is 0.106. The van der Waals surface area contributed by atoms with Crippen molar-refractivity contribution in [3.05, 3.63) is 29.6 Å². The third-order valence-corrected chi connectivity index (χ3v) is 5.27. The number of hydrogen-bond donors (Lipinski definition) is 0. The minimum atomic E-state index is -0.105. The molecule has 3 rings (SSSR count). The first-order valence-corrected chi connectivity index (χ1v) is 9.65. The highest BCUT2D eigenvalue weighted by atomic mass is 35.5. The predicted octanol–water partition coefficient (Wildman–Crippen LogP) is 1.49. The summed E-state index contributed by atoms with van der Waals surface area (Å²) in [5.74, 6) is 2.32. The Kier molecular flexibility index (Phi) is 9.09. The number of likely N-dealkylation sites (N-methyl/N-ethyl adjacent to an activating group) is 1. The maximum absolute atomic E-state index is 5.70. The summed E-state index contributed by atoms with van der Waals surface area (Å²) in [6.45, 7) is 8.32. The quantitative estimate of drug-likeness (QED) is 0.596. The lowest BCUT2D eigenvalue weighted by Crippen LogP contribution is -2.48. The second-order valence-electron chi connectivity index (χ2n) is 6.73. The summed E-state index contributed by atoms with van der Waals surface area (Å²) in [4.78, 5) is 4.87. The topological polar surface area (TPSA) is 77.8 Å². The minimum absolute atomic E-state index is 0. The Hall–Kier alpha value is -1.94. The lowest BCUT2D eigenvalue weighted by Gasteiger charge is -2.38. The molecule has 1 saturated heterocycles. The van der Waals surface area contributed by atoms with Gasteiger partial charge in [0.25, 0.3) is 0 Å². The molecule has 0 aliphatic carbocycles. The van der Waals surface area contributed by atoms with Crippen molar-refractivity contribution in [1.82, 2.24) is 30.0 Å². The van der Waals surface area contributed by atoms with Gasteiger partial charge in [0.05, 0.1) is 27.4 Å². The number of hydrogen-bond acceptors (Lipinski definition) is 8. The van der Waals surface area contributed by atoms with Gasteiger partial charge >= 0.3 is 0 Å². The number of aromatic nitrogens is 4. The molecule has 1 aromatic heterocycles. The van der Waals surface area contributed by atoms with E-state index in [1.165, 1.54) is 0 Å². The van der Waals surface area contributed by atoms with Gasteiger partial charge in [-0.3, -0.25) is 4.90 Å². The molecule has 0 saturated carbocycles. The maximum atomic E-state index is 5.70. The average molecular weight is 427 g/mol. The largest absolute Gasteiger partial charge is 0.497 e. The van der Waals surface area contributed by atoms with Crippen LogP contribution in [0.4, 0.5) is 0 Å². The summed E-state index contributed by atoms with van der Waals surface area (Å²) in [5.41, 5.74) is 1.03. The van der Waals surface area contributed by atoms with E-state index < -0.39 is 0 Å². The molecular formula is C19H31ClN6O3. The molecule has 1 atom stereocenters. The van der Waals surface area contributed by atoms with E-state index in [-0.39, 0.29) is 18.4 Å². The van der Waals surface area contributed by atoms with Crippen molar-refractivity contribution >= 4 is 12.4 Å². The first kappa shape index (κ1) is 23.3. The summed E-state index contributed by atoms with van der Waals surface area (Å²) < 4.78 is 18.1. The van der Waals surface area contributed by atoms with Crippen LogP contribution in [0.5, 0.6) is 11.5 Å². The standard InChI is InChI=1S/C19H30N6O3.ClH/c1-5-23-8-10-24(11-9-23)18(19-20-21-22-25(19)12-13-26-2)16-7-6-15(27-3)14-17(16)28-4;/h6-7,14,18H,5,8-13H2,1-4H3;1H. The summed E-state index contributed by atoms with van der Waals surface area (Å²) in [6.07, 6.45) is 0. The molecule has 1 unspecified atom stereocenters. The normalized spacial score (nSPS) is 16.3. The van der Waals surface area contributed by atoms with Crippen LogP contribution in [0.3, 0.4) is 0 Å². The van der Waals surface area contributed by atoms with Crippen molar-refractivity contribution in [2.24, 2.45) is 0 Å². The van der Waals surface area contributed by atoms with Gasteiger partial charge in [0, 0.05) is 44.9 Å². The van der Waals surface area contributed by atoms with Crippen molar-refractivity contribution in [3.63, 3.8) is 0 Å². The van der Waals surface area contributed by atoms with Crippen molar-refractivity contribution in [2.75, 3.05) is 60.7 Å². The second kappa shape index (κ2) is 11.3. The molecular weight excluding hydrogens is 396 g/mol. The van der Waals surface area contributed by atoms with Crippen LogP contribution >= 0.6 is 12.4 Å². The fourth-order valence-corrected chi connectivity index (χ4v) is 3.63. The molecule has 10 heteroatoms. The monoisotopic (exact) mass is 426 g/mol. The van der Waals surface area contributed by atoms with Gasteiger partial charge in [0.15, 0.2) is 5.82 Å². The molecule has 2 heterocycles. The van der Waals surface area contributed by atoms with E-state index in [0.29, 0.717) is 13.2 Å². The Balaban J connectivity index is 0.00000300. The third kappa shape index (κ3) is 5.36. The van der Waals surface area contributed by atoms with Crippen molar-refractivity contribution in [3.8, 4) is 11.5 Å². The Morgan fingerprint density at radius 2 is 1.83 bits per heavy atom. The van der Waals surface area contributed by atoms with E-state index in [4.69, 9.17) is 14.2 Å². The Labute approximate surface area is 178 Å². The van der Waals surface area contributed by atoms with Gasteiger partial charge in [-0.1, -0.05) is 6.92 Å². The number of halogens is 1. The maximum Gasteiger partial charge on any atom is 0.173 e. The number of tetrazole rings is 1. The van der Waals surface area contributed by atoms with Crippen molar-refractivity contribution < 1.29 is 14.2 Å².